The van der Waals surface area contributed by atoms with Crippen LogP contribution in [0.4, 0.5) is 0 Å². The average Bonchev–Trinajstić information content (AvgIpc) is 3.02. The van der Waals surface area contributed by atoms with E-state index >= 15 is 0 Å². The molecule has 0 spiro atoms. The Labute approximate surface area is 118 Å². The van der Waals surface area contributed by atoms with E-state index in [0.717, 1.165) is 29.5 Å². The van der Waals surface area contributed by atoms with Crippen LogP contribution in [0.2, 0.25) is 0 Å². The number of Topliss-reactive ketones (excluding diaryl/α,β-unsaturated/α-hetero) is 1. The van der Waals surface area contributed by atoms with E-state index in [2.05, 4.69) is 12.2 Å². The van der Waals surface area contributed by atoms with Crippen LogP contribution >= 0.6 is 0 Å². The molecule has 3 rings (SSSR count). The Balaban J connectivity index is 1.80. The third-order valence-electron chi connectivity index (χ3n) is 3.75. The Bertz CT molecular complexity index is 628. The summed E-state index contributed by atoms with van der Waals surface area (Å²) < 4.78 is 0. The van der Waals surface area contributed by atoms with Crippen LogP contribution < -0.4 is 0 Å². The Hall–Kier alpha value is -2.35. The zero-order valence-corrected chi connectivity index (χ0v) is 11.1. The summed E-state index contributed by atoms with van der Waals surface area (Å²) in [6, 6.07) is 14.8. The van der Waals surface area contributed by atoms with Crippen LogP contribution in [-0.4, -0.2) is 10.9 Å². The molecule has 0 bridgehead atoms. The number of carbonyl (C=O) groups is 1. The van der Waals surface area contributed by atoms with Gasteiger partial charge in [-0.05, 0) is 36.1 Å². The average molecular weight is 264 g/mol. The van der Waals surface area contributed by atoms with Gasteiger partial charge in [-0.3, -0.25) is 4.79 Å². The van der Waals surface area contributed by atoms with E-state index in [1.165, 1.54) is 0 Å². The van der Waals surface area contributed by atoms with E-state index in [1.807, 2.05) is 36.4 Å². The van der Waals surface area contributed by atoms with Gasteiger partial charge in [-0.15, -0.1) is 0 Å². The topological polar surface area (TPSA) is 37.3 Å². The summed E-state index contributed by atoms with van der Waals surface area (Å²) in [5.41, 5.74) is 2.86. The predicted octanol–water partition coefficient (Wildman–Crippen LogP) is 4.21. The van der Waals surface area contributed by atoms with E-state index in [4.69, 9.17) is 0 Å². The number of benzene rings is 2. The largest absolute Gasteiger partial charge is 0.508 e. The molecule has 0 saturated heterocycles. The van der Waals surface area contributed by atoms with Crippen LogP contribution in [0.1, 0.15) is 23.2 Å². The molecule has 2 nitrogen and oxygen atoms in total. The fourth-order valence-corrected chi connectivity index (χ4v) is 2.55. The third kappa shape index (κ3) is 2.50. The van der Waals surface area contributed by atoms with Crippen molar-refractivity contribution in [2.45, 2.75) is 12.8 Å². The van der Waals surface area contributed by atoms with E-state index in [1.54, 1.807) is 12.1 Å². The van der Waals surface area contributed by atoms with Crippen LogP contribution in [0.3, 0.4) is 0 Å². The Kier molecular flexibility index (Phi) is 3.38. The van der Waals surface area contributed by atoms with Crippen molar-refractivity contribution in [1.29, 1.82) is 0 Å². The van der Waals surface area contributed by atoms with Gasteiger partial charge in [-0.1, -0.05) is 48.6 Å². The van der Waals surface area contributed by atoms with E-state index in [0.29, 0.717) is 0 Å². The molecule has 2 heteroatoms. The van der Waals surface area contributed by atoms with Crippen molar-refractivity contribution in [2.75, 3.05) is 0 Å². The Morgan fingerprint density at radius 1 is 0.850 bits per heavy atom. The number of carbonyl (C=O) groups excluding carboxylic acids is 1. The molecule has 0 aromatic heterocycles. The summed E-state index contributed by atoms with van der Waals surface area (Å²) in [6.07, 6.45) is 5.87. The zero-order chi connectivity index (χ0) is 13.9. The molecule has 0 amide bonds. The molecular formula is C18H16O2. The van der Waals surface area contributed by atoms with Crippen molar-refractivity contribution >= 4 is 5.78 Å². The van der Waals surface area contributed by atoms with E-state index in [-0.39, 0.29) is 17.5 Å². The maximum atomic E-state index is 12.3. The van der Waals surface area contributed by atoms with Gasteiger partial charge in [-0.2, -0.15) is 0 Å². The van der Waals surface area contributed by atoms with Crippen molar-refractivity contribution in [1.82, 2.24) is 0 Å². The highest BCUT2D eigenvalue weighted by Crippen LogP contribution is 2.25. The first-order valence-electron chi connectivity index (χ1n) is 6.83. The fourth-order valence-electron chi connectivity index (χ4n) is 2.55. The molecule has 1 N–H and O–H groups in total. The molecule has 1 aliphatic carbocycles. The summed E-state index contributed by atoms with van der Waals surface area (Å²) in [7, 11) is 0. The minimum absolute atomic E-state index is 0.120. The lowest BCUT2D eigenvalue weighted by molar-refractivity contribution is 0.0926. The molecule has 1 aliphatic rings. The standard InChI is InChI=1S/C18H16O2/c19-17-11-9-14(10-12-17)13-5-7-16(8-6-13)18(20)15-3-1-2-4-15/h1-2,5-12,15,19H,3-4H2. The van der Waals surface area contributed by atoms with Gasteiger partial charge in [0, 0.05) is 11.5 Å². The highest BCUT2D eigenvalue weighted by molar-refractivity contribution is 5.98. The van der Waals surface area contributed by atoms with Gasteiger partial charge in [0.2, 0.25) is 0 Å². The molecule has 100 valence electrons. The van der Waals surface area contributed by atoms with Gasteiger partial charge < -0.3 is 5.11 Å². The SMILES string of the molecule is O=C(c1ccc(-c2ccc(O)cc2)cc1)C1CC=CC1. The zero-order valence-electron chi connectivity index (χ0n) is 11.1. The van der Waals surface area contributed by atoms with E-state index < -0.39 is 0 Å². The highest BCUT2D eigenvalue weighted by Gasteiger charge is 2.20. The fraction of sp³-hybridized carbons (Fsp3) is 0.167. The van der Waals surface area contributed by atoms with Gasteiger partial charge in [0.25, 0.3) is 0 Å². The molecule has 0 atom stereocenters. The van der Waals surface area contributed by atoms with Gasteiger partial charge in [0.1, 0.15) is 5.75 Å². The summed E-state index contributed by atoms with van der Waals surface area (Å²) in [6.45, 7) is 0. The quantitative estimate of drug-likeness (QED) is 0.666. The van der Waals surface area contributed by atoms with Crippen molar-refractivity contribution in [3.05, 3.63) is 66.2 Å². The molecule has 20 heavy (non-hydrogen) atoms. The number of ketones is 1. The van der Waals surface area contributed by atoms with Crippen molar-refractivity contribution in [3.63, 3.8) is 0 Å². The molecule has 0 unspecified atom stereocenters. The molecule has 0 saturated carbocycles. The van der Waals surface area contributed by atoms with Crippen LogP contribution in [0.25, 0.3) is 11.1 Å². The molecule has 2 aromatic rings. The summed E-state index contributed by atoms with van der Waals surface area (Å²) in [4.78, 5) is 12.3. The van der Waals surface area contributed by atoms with Gasteiger partial charge >= 0.3 is 0 Å². The number of allylic oxidation sites excluding steroid dienone is 2. The smallest absolute Gasteiger partial charge is 0.166 e. The second kappa shape index (κ2) is 5.33. The molecule has 0 aliphatic heterocycles. The minimum atomic E-state index is 0.120. The number of phenols is 1. The molecule has 2 aromatic carbocycles. The first kappa shape index (κ1) is 12.7. The van der Waals surface area contributed by atoms with Crippen molar-refractivity contribution in [3.8, 4) is 16.9 Å². The normalized spacial score (nSPS) is 14.6. The van der Waals surface area contributed by atoms with Crippen LogP contribution in [0.15, 0.2) is 60.7 Å². The lowest BCUT2D eigenvalue weighted by atomic mass is 9.94. The van der Waals surface area contributed by atoms with Gasteiger partial charge in [-0.25, -0.2) is 0 Å². The number of rotatable bonds is 3. The van der Waals surface area contributed by atoms with Crippen LogP contribution in [0, 0.1) is 5.92 Å². The molecule has 0 fully saturated rings. The van der Waals surface area contributed by atoms with Crippen LogP contribution in [0.5, 0.6) is 5.75 Å². The third-order valence-corrected chi connectivity index (χ3v) is 3.75. The van der Waals surface area contributed by atoms with Gasteiger partial charge in [0.05, 0.1) is 0 Å². The summed E-state index contributed by atoms with van der Waals surface area (Å²) in [5, 5.41) is 9.29. The maximum absolute atomic E-state index is 12.3. The van der Waals surface area contributed by atoms with E-state index in [9.17, 15) is 9.90 Å². The van der Waals surface area contributed by atoms with Crippen molar-refractivity contribution < 1.29 is 9.90 Å². The lowest BCUT2D eigenvalue weighted by Gasteiger charge is -2.09. The first-order chi connectivity index (χ1) is 9.74. The number of hydrogen-bond donors (Lipinski definition) is 1. The van der Waals surface area contributed by atoms with Gasteiger partial charge in [0.15, 0.2) is 5.78 Å². The predicted molar refractivity (Wildman–Crippen MR) is 79.7 cm³/mol. The number of aromatic hydroxyl groups is 1. The summed E-state index contributed by atoms with van der Waals surface area (Å²) >= 11 is 0. The minimum Gasteiger partial charge on any atom is -0.508 e. The highest BCUT2D eigenvalue weighted by atomic mass is 16.3. The number of hydrogen-bond acceptors (Lipinski definition) is 2. The summed E-state index contributed by atoms with van der Waals surface area (Å²) in [5.74, 6) is 0.607. The molecular weight excluding hydrogens is 248 g/mol. The lowest BCUT2D eigenvalue weighted by Crippen LogP contribution is -2.11. The van der Waals surface area contributed by atoms with Crippen molar-refractivity contribution in [2.24, 2.45) is 5.92 Å². The first-order valence-corrected chi connectivity index (χ1v) is 6.83. The second-order valence-corrected chi connectivity index (χ2v) is 5.13. The molecule has 0 heterocycles. The second-order valence-electron chi connectivity index (χ2n) is 5.13. The molecule has 0 radical (unpaired) electrons. The maximum Gasteiger partial charge on any atom is 0.166 e. The monoisotopic (exact) mass is 264 g/mol. The number of phenolic OH excluding ortho intramolecular Hbond substituents is 1. The Morgan fingerprint density at radius 3 is 1.90 bits per heavy atom. The Morgan fingerprint density at radius 2 is 1.35 bits per heavy atom. The van der Waals surface area contributed by atoms with Crippen LogP contribution in [-0.2, 0) is 0 Å².